The maximum Gasteiger partial charge on any atom is 0.290 e. The number of hydrogen-bond donors (Lipinski definition) is 0. The van der Waals surface area contributed by atoms with Gasteiger partial charge in [0.05, 0.1) is 10.2 Å². The first-order valence-electron chi connectivity index (χ1n) is 8.71. The second-order valence-electron chi connectivity index (χ2n) is 6.25. The molecule has 0 unspecified atom stereocenters. The molecule has 0 fully saturated rings. The number of benzene rings is 2. The van der Waals surface area contributed by atoms with Crippen LogP contribution in [0.1, 0.15) is 0 Å². The van der Waals surface area contributed by atoms with Gasteiger partial charge in [0.2, 0.25) is 10.7 Å². The highest BCUT2D eigenvalue weighted by atomic mass is 127. The van der Waals surface area contributed by atoms with E-state index in [1.165, 1.54) is 46.4 Å². The quantitative estimate of drug-likeness (QED) is 0.196. The topological polar surface area (TPSA) is 79.4 Å². The lowest BCUT2D eigenvalue weighted by atomic mass is 10.3. The third kappa shape index (κ3) is 3.68. The van der Waals surface area contributed by atoms with Crippen LogP contribution in [0.25, 0.3) is 26.4 Å². The predicted octanol–water partition coefficient (Wildman–Crippen LogP) is 5.98. The number of ether oxygens (including phenoxy) is 1. The van der Waals surface area contributed by atoms with E-state index in [1.807, 2.05) is 0 Å². The van der Waals surface area contributed by atoms with E-state index in [0.29, 0.717) is 27.9 Å². The van der Waals surface area contributed by atoms with Gasteiger partial charge in [0.15, 0.2) is 34.3 Å². The van der Waals surface area contributed by atoms with Gasteiger partial charge in [-0.15, -0.1) is 0 Å². The summed E-state index contributed by atoms with van der Waals surface area (Å²) < 4.78 is 31.7. The lowest BCUT2D eigenvalue weighted by Gasteiger charge is -2.05. The van der Waals surface area contributed by atoms with Gasteiger partial charge in [0, 0.05) is 18.3 Å². The van der Waals surface area contributed by atoms with Gasteiger partial charge >= 0.3 is 0 Å². The summed E-state index contributed by atoms with van der Waals surface area (Å²) in [5, 5.41) is 0.345. The Morgan fingerprint density at radius 1 is 1.13 bits per heavy atom. The fourth-order valence-electron chi connectivity index (χ4n) is 2.92. The number of nitrogens with zero attached hydrogens (tertiary/aromatic N) is 3. The molecule has 0 amide bonds. The second kappa shape index (κ2) is 7.98. The van der Waals surface area contributed by atoms with Gasteiger partial charge in [-0.3, -0.25) is 4.79 Å². The highest BCUT2D eigenvalue weighted by Crippen LogP contribution is 2.31. The number of fused-ring (bicyclic) bond motifs is 2. The Morgan fingerprint density at radius 3 is 2.68 bits per heavy atom. The summed E-state index contributed by atoms with van der Waals surface area (Å²) >= 11 is 8.25. The monoisotopic (exact) mass is 565 g/mol. The lowest BCUT2D eigenvalue weighted by molar-refractivity contribution is 0.481. The van der Waals surface area contributed by atoms with E-state index in [0.717, 1.165) is 4.70 Å². The normalized spacial score (nSPS) is 11.2. The maximum atomic E-state index is 13.1. The molecular weight excluding hydrogens is 556 g/mol. The fraction of sp³-hybridized carbons (Fsp3) is 0. The maximum absolute atomic E-state index is 13.1. The minimum atomic E-state index is -0.455. The minimum Gasteiger partial charge on any atom is -0.457 e. The molecule has 0 atom stereocenters. The van der Waals surface area contributed by atoms with Crippen molar-refractivity contribution in [3.63, 3.8) is 0 Å². The van der Waals surface area contributed by atoms with E-state index in [1.54, 1.807) is 47.3 Å². The molecule has 3 heterocycles. The SMILES string of the molecule is O=c1c2nccc(OI)c2oc(=S)n1-c1nc2ccc(Oc3ccc(F)cc3)cc2s1. The molecule has 154 valence electrons. The number of rotatable bonds is 4. The van der Waals surface area contributed by atoms with E-state index < -0.39 is 5.56 Å². The Bertz CT molecular complexity index is 1560. The Hall–Kier alpha value is -2.90. The predicted molar refractivity (Wildman–Crippen MR) is 125 cm³/mol. The van der Waals surface area contributed by atoms with Crippen LogP contribution in [-0.4, -0.2) is 14.5 Å². The molecule has 11 heteroatoms. The van der Waals surface area contributed by atoms with E-state index in [4.69, 9.17) is 24.4 Å². The number of thiazole rings is 1. The molecule has 5 aromatic rings. The summed E-state index contributed by atoms with van der Waals surface area (Å²) in [6.07, 6.45) is 1.46. The average Bonchev–Trinajstić information content (AvgIpc) is 3.18. The molecule has 0 saturated heterocycles. The molecule has 0 spiro atoms. The van der Waals surface area contributed by atoms with Crippen molar-refractivity contribution in [1.29, 1.82) is 0 Å². The van der Waals surface area contributed by atoms with Crippen molar-refractivity contribution in [3.05, 3.63) is 75.7 Å². The number of pyridine rings is 1. The van der Waals surface area contributed by atoms with E-state index in [2.05, 4.69) is 9.97 Å². The first kappa shape index (κ1) is 20.0. The van der Waals surface area contributed by atoms with Crippen LogP contribution in [0, 0.1) is 10.7 Å². The third-order valence-electron chi connectivity index (χ3n) is 4.32. The fourth-order valence-corrected chi connectivity index (χ4v) is 4.57. The molecule has 3 aromatic heterocycles. The van der Waals surface area contributed by atoms with Crippen molar-refractivity contribution in [3.8, 4) is 22.4 Å². The summed E-state index contributed by atoms with van der Waals surface area (Å²) in [5.74, 6) is 1.07. The highest BCUT2D eigenvalue weighted by Gasteiger charge is 2.17. The summed E-state index contributed by atoms with van der Waals surface area (Å²) in [6, 6.07) is 12.6. The van der Waals surface area contributed by atoms with Crippen LogP contribution in [0.5, 0.6) is 17.2 Å². The van der Waals surface area contributed by atoms with Gasteiger partial charge in [0.25, 0.3) is 10.4 Å². The van der Waals surface area contributed by atoms with Crippen molar-refractivity contribution in [1.82, 2.24) is 14.5 Å². The van der Waals surface area contributed by atoms with Crippen molar-refractivity contribution < 1.29 is 16.6 Å². The summed E-state index contributed by atoms with van der Waals surface area (Å²) in [5.41, 5.74) is 0.468. The number of aromatic nitrogens is 3. The lowest BCUT2D eigenvalue weighted by Crippen LogP contribution is -2.19. The second-order valence-corrected chi connectivity index (χ2v) is 8.05. The number of hydrogen-bond acceptors (Lipinski definition) is 8. The van der Waals surface area contributed by atoms with E-state index in [9.17, 15) is 9.18 Å². The molecule has 0 bridgehead atoms. The Kier molecular flexibility index (Phi) is 5.16. The van der Waals surface area contributed by atoms with Gasteiger partial charge in [-0.05, 0) is 48.6 Å². The van der Waals surface area contributed by atoms with Crippen molar-refractivity contribution >= 4 is 67.9 Å². The van der Waals surface area contributed by atoms with Gasteiger partial charge in [-0.25, -0.2) is 18.9 Å². The molecule has 2 aromatic carbocycles. The standard InChI is InChI=1S/C20H9FIN3O4S2/c21-10-1-3-11(4-2-10)27-12-5-6-13-15(9-12)31-19(24-13)25-18(26)16-17(28-20(25)30)14(29-22)7-8-23-16/h1-9H. The third-order valence-corrected chi connectivity index (χ3v) is 6.06. The van der Waals surface area contributed by atoms with Crippen LogP contribution in [0.2, 0.25) is 0 Å². The molecule has 0 aliphatic heterocycles. The van der Waals surface area contributed by atoms with Crippen molar-refractivity contribution in [2.45, 2.75) is 0 Å². The largest absolute Gasteiger partial charge is 0.457 e. The van der Waals surface area contributed by atoms with Crippen LogP contribution < -0.4 is 13.4 Å². The van der Waals surface area contributed by atoms with Crippen LogP contribution in [0.3, 0.4) is 0 Å². The van der Waals surface area contributed by atoms with Crippen molar-refractivity contribution in [2.75, 3.05) is 0 Å². The Morgan fingerprint density at radius 2 is 1.90 bits per heavy atom. The zero-order chi connectivity index (χ0) is 21.5. The van der Waals surface area contributed by atoms with Crippen LogP contribution in [-0.2, 0) is 0 Å². The molecule has 31 heavy (non-hydrogen) atoms. The van der Waals surface area contributed by atoms with Crippen LogP contribution in [0.4, 0.5) is 4.39 Å². The molecule has 0 aliphatic rings. The van der Waals surface area contributed by atoms with Gasteiger partial charge in [-0.2, -0.15) is 0 Å². The smallest absolute Gasteiger partial charge is 0.290 e. The molecule has 7 nitrogen and oxygen atoms in total. The highest BCUT2D eigenvalue weighted by molar-refractivity contribution is 14.1. The zero-order valence-corrected chi connectivity index (χ0v) is 19.0. The van der Waals surface area contributed by atoms with Gasteiger partial charge in [0.1, 0.15) is 17.3 Å². The van der Waals surface area contributed by atoms with Crippen LogP contribution in [0.15, 0.2) is 63.9 Å². The summed E-state index contributed by atoms with van der Waals surface area (Å²) in [6.45, 7) is 0. The number of halogens is 2. The van der Waals surface area contributed by atoms with Crippen molar-refractivity contribution in [2.24, 2.45) is 0 Å². The van der Waals surface area contributed by atoms with Gasteiger partial charge < -0.3 is 12.2 Å². The Balaban J connectivity index is 1.59. The molecule has 0 saturated carbocycles. The van der Waals surface area contributed by atoms with Crippen LogP contribution >= 0.6 is 46.6 Å². The average molecular weight is 565 g/mol. The van der Waals surface area contributed by atoms with E-state index >= 15 is 0 Å². The minimum absolute atomic E-state index is 0.0676. The summed E-state index contributed by atoms with van der Waals surface area (Å²) in [7, 11) is 0. The first-order chi connectivity index (χ1) is 15.0. The molecule has 0 N–H and O–H groups in total. The molecule has 0 radical (unpaired) electrons. The molecule has 0 aliphatic carbocycles. The summed E-state index contributed by atoms with van der Waals surface area (Å²) in [4.78, 5) is 21.6. The molecular formula is C20H9FIN3O4S2. The van der Waals surface area contributed by atoms with E-state index in [-0.39, 0.29) is 21.8 Å². The first-order valence-corrected chi connectivity index (χ1v) is 10.8. The Labute approximate surface area is 196 Å². The van der Waals surface area contributed by atoms with Gasteiger partial charge in [-0.1, -0.05) is 11.3 Å². The molecule has 5 rings (SSSR count). The zero-order valence-electron chi connectivity index (χ0n) is 15.2.